The number of ketones is 1. The summed E-state index contributed by atoms with van der Waals surface area (Å²) in [7, 11) is 0. The second-order valence-electron chi connectivity index (χ2n) is 7.84. The normalized spacial score (nSPS) is 25.6. The quantitative estimate of drug-likeness (QED) is 0.822. The van der Waals surface area contributed by atoms with Crippen LogP contribution in [0.2, 0.25) is 0 Å². The van der Waals surface area contributed by atoms with E-state index >= 15 is 0 Å². The third-order valence-electron chi connectivity index (χ3n) is 6.12. The molecule has 1 atom stereocenters. The summed E-state index contributed by atoms with van der Waals surface area (Å²) in [5.41, 5.74) is 5.21. The summed E-state index contributed by atoms with van der Waals surface area (Å²) in [4.78, 5) is 15.3. The van der Waals surface area contributed by atoms with E-state index < -0.39 is 0 Å². The van der Waals surface area contributed by atoms with E-state index in [4.69, 9.17) is 0 Å². The van der Waals surface area contributed by atoms with Gasteiger partial charge in [0.05, 0.1) is 6.04 Å². The minimum Gasteiger partial charge on any atom is -0.298 e. The summed E-state index contributed by atoms with van der Waals surface area (Å²) < 4.78 is 0. The molecule has 0 amide bonds. The van der Waals surface area contributed by atoms with Crippen LogP contribution >= 0.6 is 0 Å². The topological polar surface area (TPSA) is 20.3 Å². The van der Waals surface area contributed by atoms with Crippen LogP contribution in [0.5, 0.6) is 0 Å². The van der Waals surface area contributed by atoms with Crippen LogP contribution in [0.3, 0.4) is 0 Å². The molecule has 3 saturated heterocycles. The first kappa shape index (κ1) is 16.5. The molecule has 2 bridgehead atoms. The van der Waals surface area contributed by atoms with Gasteiger partial charge >= 0.3 is 0 Å². The fourth-order valence-electron chi connectivity index (χ4n) is 4.50. The van der Waals surface area contributed by atoms with Gasteiger partial charge in [-0.25, -0.2) is 0 Å². The van der Waals surface area contributed by atoms with Crippen molar-refractivity contribution in [3.63, 3.8) is 0 Å². The molecule has 0 spiro atoms. The van der Waals surface area contributed by atoms with Gasteiger partial charge in [-0.05, 0) is 57.3 Å². The summed E-state index contributed by atoms with van der Waals surface area (Å²) in [5.74, 6) is 1.09. The first-order valence-corrected chi connectivity index (χ1v) is 9.53. The lowest BCUT2D eigenvalue weighted by Crippen LogP contribution is -2.55. The second-order valence-corrected chi connectivity index (χ2v) is 7.84. The van der Waals surface area contributed by atoms with Gasteiger partial charge in [0, 0.05) is 11.8 Å². The number of hydrogen-bond donors (Lipinski definition) is 0. The molecule has 0 radical (unpaired) electrons. The SMILES string of the molecule is Cc1ccc(C(CC2C(=O)C3CCN2CC3)c2ccc(C)cc2)cc1. The van der Waals surface area contributed by atoms with Crippen LogP contribution in [-0.4, -0.2) is 29.8 Å². The van der Waals surface area contributed by atoms with Crippen molar-refractivity contribution in [3.8, 4) is 0 Å². The van der Waals surface area contributed by atoms with E-state index in [9.17, 15) is 4.79 Å². The molecule has 3 fully saturated rings. The Hall–Kier alpha value is -1.93. The molecule has 3 aliphatic rings. The molecule has 0 N–H and O–H groups in total. The third-order valence-corrected chi connectivity index (χ3v) is 6.12. The standard InChI is InChI=1S/C23H27NO/c1-16-3-7-18(8-4-16)21(19-9-5-17(2)6-10-19)15-22-23(25)20-11-13-24(22)14-12-20/h3-10,20-22H,11-15H2,1-2H3. The smallest absolute Gasteiger partial charge is 0.153 e. The van der Waals surface area contributed by atoms with Gasteiger partial charge in [0.1, 0.15) is 0 Å². The summed E-state index contributed by atoms with van der Waals surface area (Å²) >= 11 is 0. The van der Waals surface area contributed by atoms with Crippen LogP contribution in [0.1, 0.15) is 47.4 Å². The van der Waals surface area contributed by atoms with Crippen molar-refractivity contribution in [2.45, 2.75) is 45.1 Å². The van der Waals surface area contributed by atoms with Gasteiger partial charge in [0.2, 0.25) is 0 Å². The highest BCUT2D eigenvalue weighted by molar-refractivity contribution is 5.88. The molecule has 5 rings (SSSR count). The van der Waals surface area contributed by atoms with Crippen molar-refractivity contribution in [1.82, 2.24) is 4.90 Å². The Morgan fingerprint density at radius 2 is 1.36 bits per heavy atom. The molecule has 2 heteroatoms. The van der Waals surface area contributed by atoms with Crippen LogP contribution in [0.15, 0.2) is 48.5 Å². The highest BCUT2D eigenvalue weighted by Gasteiger charge is 2.41. The highest BCUT2D eigenvalue weighted by atomic mass is 16.1. The second kappa shape index (κ2) is 6.76. The molecule has 3 heterocycles. The molecule has 130 valence electrons. The summed E-state index contributed by atoms with van der Waals surface area (Å²) in [6.07, 6.45) is 3.03. The minimum absolute atomic E-state index is 0.0973. The average Bonchev–Trinajstić information content (AvgIpc) is 2.64. The van der Waals surface area contributed by atoms with E-state index in [0.29, 0.717) is 11.7 Å². The highest BCUT2D eigenvalue weighted by Crippen LogP contribution is 2.37. The van der Waals surface area contributed by atoms with E-state index in [0.717, 1.165) is 32.4 Å². The van der Waals surface area contributed by atoms with E-state index in [-0.39, 0.29) is 12.0 Å². The van der Waals surface area contributed by atoms with Gasteiger partial charge in [-0.3, -0.25) is 9.69 Å². The summed E-state index contributed by atoms with van der Waals surface area (Å²) in [5, 5.41) is 0. The molecule has 0 saturated carbocycles. The average molecular weight is 333 g/mol. The Morgan fingerprint density at radius 3 is 1.80 bits per heavy atom. The van der Waals surface area contributed by atoms with E-state index in [1.807, 2.05) is 0 Å². The van der Waals surface area contributed by atoms with Crippen molar-refractivity contribution in [1.29, 1.82) is 0 Å². The van der Waals surface area contributed by atoms with Crippen LogP contribution in [-0.2, 0) is 4.79 Å². The van der Waals surface area contributed by atoms with E-state index in [2.05, 4.69) is 67.3 Å². The monoisotopic (exact) mass is 333 g/mol. The number of rotatable bonds is 4. The van der Waals surface area contributed by atoms with Gasteiger partial charge in [0.25, 0.3) is 0 Å². The first-order chi connectivity index (χ1) is 12.1. The third kappa shape index (κ3) is 3.28. The number of Topliss-reactive ketones (excluding diaryl/α,β-unsaturated/α-hetero) is 1. The summed E-state index contributed by atoms with van der Waals surface area (Å²) in [6.45, 7) is 6.44. The molecule has 25 heavy (non-hydrogen) atoms. The van der Waals surface area contributed by atoms with Crippen molar-refractivity contribution >= 4 is 5.78 Å². The zero-order valence-electron chi connectivity index (χ0n) is 15.2. The number of fused-ring (bicyclic) bond motifs is 3. The molecule has 0 aliphatic carbocycles. The molecular weight excluding hydrogens is 306 g/mol. The number of benzene rings is 2. The maximum Gasteiger partial charge on any atom is 0.153 e. The maximum atomic E-state index is 12.9. The zero-order valence-corrected chi connectivity index (χ0v) is 15.2. The van der Waals surface area contributed by atoms with Gasteiger partial charge in [-0.2, -0.15) is 0 Å². The predicted molar refractivity (Wildman–Crippen MR) is 102 cm³/mol. The van der Waals surface area contributed by atoms with Crippen molar-refractivity contribution in [3.05, 3.63) is 70.8 Å². The fourth-order valence-corrected chi connectivity index (χ4v) is 4.50. The van der Waals surface area contributed by atoms with Crippen LogP contribution in [0.25, 0.3) is 0 Å². The van der Waals surface area contributed by atoms with Crippen molar-refractivity contribution in [2.75, 3.05) is 13.1 Å². The molecular formula is C23H27NO. The molecule has 0 aromatic heterocycles. The van der Waals surface area contributed by atoms with Gasteiger partial charge in [-0.15, -0.1) is 0 Å². The number of piperidine rings is 3. The van der Waals surface area contributed by atoms with Crippen LogP contribution in [0, 0.1) is 19.8 Å². The summed E-state index contributed by atoms with van der Waals surface area (Å²) in [6, 6.07) is 17.8. The molecule has 2 aromatic rings. The Kier molecular flexibility index (Phi) is 4.47. The predicted octanol–water partition coefficient (Wildman–Crippen LogP) is 4.49. The van der Waals surface area contributed by atoms with E-state index in [1.165, 1.54) is 22.3 Å². The Morgan fingerprint density at radius 1 is 0.880 bits per heavy atom. The Bertz CT molecular complexity index is 693. The number of hydrogen-bond acceptors (Lipinski definition) is 2. The lowest BCUT2D eigenvalue weighted by molar-refractivity contribution is -0.137. The van der Waals surface area contributed by atoms with Gasteiger partial charge in [-0.1, -0.05) is 59.7 Å². The van der Waals surface area contributed by atoms with E-state index in [1.54, 1.807) is 0 Å². The molecule has 2 nitrogen and oxygen atoms in total. The number of carbonyl (C=O) groups is 1. The Balaban J connectivity index is 1.66. The molecule has 3 aliphatic heterocycles. The van der Waals surface area contributed by atoms with Crippen molar-refractivity contribution < 1.29 is 4.79 Å². The van der Waals surface area contributed by atoms with Gasteiger partial charge in [0.15, 0.2) is 5.78 Å². The Labute approximate surface area is 150 Å². The number of carbonyl (C=O) groups excluding carboxylic acids is 1. The first-order valence-electron chi connectivity index (χ1n) is 9.53. The molecule has 1 unspecified atom stereocenters. The fraction of sp³-hybridized carbons (Fsp3) is 0.435. The zero-order chi connectivity index (χ0) is 17.4. The maximum absolute atomic E-state index is 12.9. The van der Waals surface area contributed by atoms with Gasteiger partial charge < -0.3 is 0 Å². The minimum atomic E-state index is 0.0973. The van der Waals surface area contributed by atoms with Crippen molar-refractivity contribution in [2.24, 2.45) is 5.92 Å². The lowest BCUT2D eigenvalue weighted by atomic mass is 9.76. The molecule has 2 aromatic carbocycles. The largest absolute Gasteiger partial charge is 0.298 e. The van der Waals surface area contributed by atoms with Crippen LogP contribution < -0.4 is 0 Å². The number of aryl methyl sites for hydroxylation is 2. The number of nitrogens with zero attached hydrogens (tertiary/aromatic N) is 1. The van der Waals surface area contributed by atoms with Crippen LogP contribution in [0.4, 0.5) is 0 Å². The lowest BCUT2D eigenvalue weighted by Gasteiger charge is -2.45.